The Morgan fingerprint density at radius 3 is 2.64 bits per heavy atom. The number of allylic oxidation sites excluding steroid dienone is 1. The zero-order chi connectivity index (χ0) is 23.2. The highest BCUT2D eigenvalue weighted by Crippen LogP contribution is 2.32. The molecule has 2 aromatic heterocycles. The van der Waals surface area contributed by atoms with Crippen LogP contribution in [0.5, 0.6) is 0 Å². The zero-order valence-electron chi connectivity index (χ0n) is 18.3. The van der Waals surface area contributed by atoms with E-state index >= 15 is 0 Å². The Morgan fingerprint density at radius 2 is 1.94 bits per heavy atom. The summed E-state index contributed by atoms with van der Waals surface area (Å²) in [7, 11) is 0. The van der Waals surface area contributed by atoms with Gasteiger partial charge in [0.05, 0.1) is 17.6 Å². The van der Waals surface area contributed by atoms with E-state index in [1.54, 1.807) is 22.8 Å². The molecule has 168 valence electrons. The highest BCUT2D eigenvalue weighted by Gasteiger charge is 2.17. The number of nitrogens with zero attached hydrogens (tertiary/aromatic N) is 2. The van der Waals surface area contributed by atoms with Crippen LogP contribution in [0.1, 0.15) is 29.3 Å². The summed E-state index contributed by atoms with van der Waals surface area (Å²) in [4.78, 5) is 31.0. The standard InChI is InChI=1S/C26H24N2O3S2/c1-3-14-28-24(29)22-21(19-8-6-5-7-9-19)17-32-23(22)27-26(28)33-16-18-10-12-20(13-11-18)25(30)31-15-4-2/h3,5-13,17H,1,4,14-16H2,2H3. The van der Waals surface area contributed by atoms with Gasteiger partial charge in [-0.2, -0.15) is 0 Å². The molecule has 0 saturated heterocycles. The molecule has 4 aromatic rings. The monoisotopic (exact) mass is 476 g/mol. The fourth-order valence-electron chi connectivity index (χ4n) is 3.40. The molecule has 0 aliphatic carbocycles. The van der Waals surface area contributed by atoms with Gasteiger partial charge in [-0.15, -0.1) is 17.9 Å². The lowest BCUT2D eigenvalue weighted by Crippen LogP contribution is -2.22. The van der Waals surface area contributed by atoms with E-state index < -0.39 is 0 Å². The molecule has 7 heteroatoms. The Kier molecular flexibility index (Phi) is 7.42. The van der Waals surface area contributed by atoms with Crippen LogP contribution in [0.2, 0.25) is 0 Å². The lowest BCUT2D eigenvalue weighted by molar-refractivity contribution is 0.0505. The highest BCUT2D eigenvalue weighted by molar-refractivity contribution is 7.98. The topological polar surface area (TPSA) is 61.2 Å². The summed E-state index contributed by atoms with van der Waals surface area (Å²) in [6.07, 6.45) is 2.51. The Balaban J connectivity index is 1.60. The molecule has 0 aliphatic heterocycles. The number of fused-ring (bicyclic) bond motifs is 1. The molecular weight excluding hydrogens is 452 g/mol. The summed E-state index contributed by atoms with van der Waals surface area (Å²) < 4.78 is 6.85. The Labute approximate surface area is 200 Å². The van der Waals surface area contributed by atoms with E-state index in [9.17, 15) is 9.59 Å². The van der Waals surface area contributed by atoms with Gasteiger partial charge in [0.15, 0.2) is 5.16 Å². The molecule has 0 aliphatic rings. The predicted octanol–water partition coefficient (Wildman–Crippen LogP) is 6.17. The van der Waals surface area contributed by atoms with Crippen molar-refractivity contribution >= 4 is 39.3 Å². The van der Waals surface area contributed by atoms with Gasteiger partial charge in [-0.25, -0.2) is 9.78 Å². The van der Waals surface area contributed by atoms with E-state index in [1.807, 2.05) is 54.8 Å². The number of thioether (sulfide) groups is 1. The average molecular weight is 477 g/mol. The predicted molar refractivity (Wildman–Crippen MR) is 136 cm³/mol. The van der Waals surface area contributed by atoms with Gasteiger partial charge in [0.25, 0.3) is 5.56 Å². The molecule has 2 heterocycles. The van der Waals surface area contributed by atoms with Gasteiger partial charge in [0.1, 0.15) is 4.83 Å². The van der Waals surface area contributed by atoms with Gasteiger partial charge >= 0.3 is 5.97 Å². The third-order valence-electron chi connectivity index (χ3n) is 5.05. The normalized spacial score (nSPS) is 10.9. The second-order valence-electron chi connectivity index (χ2n) is 7.42. The fraction of sp³-hybridized carbons (Fsp3) is 0.192. The number of benzene rings is 2. The molecule has 4 rings (SSSR count). The molecule has 0 radical (unpaired) electrons. The van der Waals surface area contributed by atoms with Crippen molar-refractivity contribution in [2.75, 3.05) is 6.61 Å². The molecule has 33 heavy (non-hydrogen) atoms. The molecule has 0 amide bonds. The van der Waals surface area contributed by atoms with Crippen LogP contribution < -0.4 is 5.56 Å². The smallest absolute Gasteiger partial charge is 0.338 e. The minimum absolute atomic E-state index is 0.0588. The SMILES string of the molecule is C=CCn1c(SCc2ccc(C(=O)OCCC)cc2)nc2scc(-c3ccccc3)c2c1=O. The number of carbonyl (C=O) groups excluding carboxylic acids is 1. The molecule has 0 N–H and O–H groups in total. The highest BCUT2D eigenvalue weighted by atomic mass is 32.2. The van der Waals surface area contributed by atoms with E-state index in [1.165, 1.54) is 23.1 Å². The van der Waals surface area contributed by atoms with E-state index in [-0.39, 0.29) is 11.5 Å². The molecule has 0 atom stereocenters. The first-order valence-corrected chi connectivity index (χ1v) is 12.6. The van der Waals surface area contributed by atoms with Crippen LogP contribution in [-0.4, -0.2) is 22.1 Å². The maximum Gasteiger partial charge on any atom is 0.338 e. The molecular formula is C26H24N2O3S2. The number of hydrogen-bond acceptors (Lipinski definition) is 6. The van der Waals surface area contributed by atoms with E-state index in [0.29, 0.717) is 35.0 Å². The van der Waals surface area contributed by atoms with Crippen LogP contribution >= 0.6 is 23.1 Å². The average Bonchev–Trinajstić information content (AvgIpc) is 3.28. The Hall–Kier alpha value is -3.16. The van der Waals surface area contributed by atoms with Gasteiger partial charge in [0.2, 0.25) is 0 Å². The molecule has 0 saturated carbocycles. The zero-order valence-corrected chi connectivity index (χ0v) is 20.0. The van der Waals surface area contributed by atoms with E-state index in [2.05, 4.69) is 6.58 Å². The number of ether oxygens (including phenoxy) is 1. The van der Waals surface area contributed by atoms with Crippen LogP contribution in [0.25, 0.3) is 21.3 Å². The Morgan fingerprint density at radius 1 is 1.18 bits per heavy atom. The second kappa shape index (κ2) is 10.6. The number of carbonyl (C=O) groups is 1. The third kappa shape index (κ3) is 5.10. The first-order chi connectivity index (χ1) is 16.1. The van der Waals surface area contributed by atoms with Gasteiger partial charge in [-0.1, -0.05) is 67.2 Å². The van der Waals surface area contributed by atoms with Gasteiger partial charge in [-0.3, -0.25) is 9.36 Å². The quantitative estimate of drug-likeness (QED) is 0.125. The minimum atomic E-state index is -0.310. The van der Waals surface area contributed by atoms with Crippen molar-refractivity contribution in [3.05, 3.63) is 94.1 Å². The van der Waals surface area contributed by atoms with Crippen molar-refractivity contribution in [2.45, 2.75) is 30.8 Å². The van der Waals surface area contributed by atoms with Crippen LogP contribution in [0.4, 0.5) is 0 Å². The van der Waals surface area contributed by atoms with Crippen molar-refractivity contribution in [1.82, 2.24) is 9.55 Å². The summed E-state index contributed by atoms with van der Waals surface area (Å²) in [6.45, 7) is 6.58. The number of hydrogen-bond donors (Lipinski definition) is 0. The van der Waals surface area contributed by atoms with Gasteiger partial charge in [-0.05, 0) is 29.7 Å². The van der Waals surface area contributed by atoms with Gasteiger partial charge < -0.3 is 4.74 Å². The number of esters is 1. The van der Waals surface area contributed by atoms with Crippen LogP contribution in [0.3, 0.4) is 0 Å². The van der Waals surface area contributed by atoms with Crippen molar-refractivity contribution < 1.29 is 9.53 Å². The number of aromatic nitrogens is 2. The molecule has 2 aromatic carbocycles. The number of rotatable bonds is 9. The minimum Gasteiger partial charge on any atom is -0.462 e. The van der Waals surface area contributed by atoms with Crippen molar-refractivity contribution in [2.24, 2.45) is 0 Å². The third-order valence-corrected chi connectivity index (χ3v) is 6.97. The van der Waals surface area contributed by atoms with E-state index in [0.717, 1.165) is 27.9 Å². The van der Waals surface area contributed by atoms with Crippen molar-refractivity contribution in [3.63, 3.8) is 0 Å². The number of thiophene rings is 1. The van der Waals surface area contributed by atoms with Gasteiger partial charge in [0, 0.05) is 23.2 Å². The summed E-state index contributed by atoms with van der Waals surface area (Å²) in [6, 6.07) is 17.2. The summed E-state index contributed by atoms with van der Waals surface area (Å²) in [5.74, 6) is 0.311. The van der Waals surface area contributed by atoms with E-state index in [4.69, 9.17) is 9.72 Å². The summed E-state index contributed by atoms with van der Waals surface area (Å²) in [5.41, 5.74) is 3.42. The molecule has 5 nitrogen and oxygen atoms in total. The molecule has 0 unspecified atom stereocenters. The largest absolute Gasteiger partial charge is 0.462 e. The molecule has 0 fully saturated rings. The fourth-order valence-corrected chi connectivity index (χ4v) is 5.35. The van der Waals surface area contributed by atoms with Crippen molar-refractivity contribution in [3.8, 4) is 11.1 Å². The lowest BCUT2D eigenvalue weighted by Gasteiger charge is -2.11. The van der Waals surface area contributed by atoms with Crippen molar-refractivity contribution in [1.29, 1.82) is 0 Å². The maximum atomic E-state index is 13.4. The van der Waals surface area contributed by atoms with Crippen LogP contribution in [0, 0.1) is 0 Å². The maximum absolute atomic E-state index is 13.4. The molecule has 0 spiro atoms. The molecule has 0 bridgehead atoms. The first-order valence-electron chi connectivity index (χ1n) is 10.7. The Bertz CT molecular complexity index is 1330. The lowest BCUT2D eigenvalue weighted by atomic mass is 10.1. The first kappa shape index (κ1) is 23.0. The summed E-state index contributed by atoms with van der Waals surface area (Å²) in [5, 5.41) is 3.30. The van der Waals surface area contributed by atoms with Crippen LogP contribution in [0.15, 0.2) is 82.6 Å². The van der Waals surface area contributed by atoms with Crippen LogP contribution in [-0.2, 0) is 17.0 Å². The second-order valence-corrected chi connectivity index (χ2v) is 9.22. The summed E-state index contributed by atoms with van der Waals surface area (Å²) >= 11 is 2.98.